The van der Waals surface area contributed by atoms with Gasteiger partial charge in [-0.25, -0.2) is 4.98 Å². The minimum Gasteiger partial charge on any atom is -0.394 e. The molecule has 1 aliphatic heterocycles. The normalized spacial score (nSPS) is 16.2. The Labute approximate surface area is 710 Å². The summed E-state index contributed by atoms with van der Waals surface area (Å²) in [5, 5.41) is 67.5. The summed E-state index contributed by atoms with van der Waals surface area (Å²) in [7, 11) is 0. The van der Waals surface area contributed by atoms with Crippen molar-refractivity contribution in [2.24, 2.45) is 29.2 Å². The first-order valence-electron chi connectivity index (χ1n) is 41.2. The van der Waals surface area contributed by atoms with Crippen molar-refractivity contribution >= 4 is 121 Å². The van der Waals surface area contributed by atoms with Gasteiger partial charge < -0.3 is 121 Å². The molecule has 0 spiro atoms. The fourth-order valence-electron chi connectivity index (χ4n) is 14.5. The Bertz CT molecular complexity index is 4860. The number of aromatic nitrogens is 5. The molecule has 1 saturated heterocycles. The van der Waals surface area contributed by atoms with Crippen LogP contribution < -0.4 is 80.6 Å². The number of hydrogen-bond acceptors (Lipinski definition) is 20. The van der Waals surface area contributed by atoms with Gasteiger partial charge in [-0.1, -0.05) is 96.1 Å². The van der Waals surface area contributed by atoms with Gasteiger partial charge in [0.15, 0.2) is 0 Å². The number of likely N-dealkylation sites (tertiary alicyclic amines) is 1. The summed E-state index contributed by atoms with van der Waals surface area (Å²) in [6, 6.07) is 2.85. The monoisotopic (exact) mass is 1710 g/mol. The van der Waals surface area contributed by atoms with Crippen LogP contribution in [0.3, 0.4) is 0 Å². The number of nitrogens with two attached hydrogens (primary N) is 2. The number of imidazole rings is 1. The zero-order valence-electron chi connectivity index (χ0n) is 70.6. The number of hydrogen-bond donors (Lipinski definition) is 22. The summed E-state index contributed by atoms with van der Waals surface area (Å²) >= 11 is 0. The first kappa shape index (κ1) is 95.8. The van der Waals surface area contributed by atoms with Crippen molar-refractivity contribution in [2.45, 2.75) is 224 Å². The number of carbonyl (C=O) groups is 15. The molecule has 1 fully saturated rings. The second kappa shape index (κ2) is 45.3. The van der Waals surface area contributed by atoms with E-state index >= 15 is 9.59 Å². The highest BCUT2D eigenvalue weighted by Crippen LogP contribution is 2.25. The number of benzene rings is 3. The number of aromatic amines is 4. The summed E-state index contributed by atoms with van der Waals surface area (Å²) in [6.45, 7) is 14.4. The molecule has 123 heavy (non-hydrogen) atoms. The highest BCUT2D eigenvalue weighted by atomic mass is 16.3. The van der Waals surface area contributed by atoms with Crippen molar-refractivity contribution in [3.63, 3.8) is 0 Å². The van der Waals surface area contributed by atoms with Crippen LogP contribution >= 0.6 is 0 Å². The molecule has 1 aliphatic rings. The smallest absolute Gasteiger partial charge is 0.245 e. The average molecular weight is 1710 g/mol. The predicted molar refractivity (Wildman–Crippen MR) is 452 cm³/mol. The van der Waals surface area contributed by atoms with Gasteiger partial charge in [0.25, 0.3) is 0 Å². The van der Waals surface area contributed by atoms with E-state index in [2.05, 4.69) is 94.0 Å². The van der Waals surface area contributed by atoms with Crippen molar-refractivity contribution in [2.75, 3.05) is 26.2 Å². The van der Waals surface area contributed by atoms with Crippen LogP contribution in [0.25, 0.3) is 32.7 Å². The molecule has 0 saturated carbocycles. The topological polar surface area (TPSA) is 604 Å². The summed E-state index contributed by atoms with van der Waals surface area (Å²) in [4.78, 5) is 230. The standard InChI is InChI=1S/C84H117N21O18/c1-42(2)26-59(74(113)91-39-70(111)105-25-17-24-67(105)82(121)101-65(32-52-38-87-41-92-52)75(114)93-45(7)40-106)97-76(115)60(27-43(3)4)98-79(118)64(31-51-37-90-58-23-16-13-20-55(51)58)99-78(117)63(30-50-36-89-57-22-15-12-19-54(50)57)96-73(112)46(8)94-83(122)71(47(9)107)103-81(120)66(33-68(86)109)100-77(116)61(28-44(5)6)102-84(123)72(48(10)108)104-80(119)62(95-69(110)34-85)29-49-35-88-56-21-14-11-18-53(49)56/h11-16,18-23,35-38,41-48,59-67,71-72,88-90,106-108H,17,24-34,39-40,85H2,1-10H3,(H2,86,109)(H,87,92)(H,91,113)(H,93,114)(H,94,122)(H,95,110)(H,96,112)(H,97,115)(H,98,118)(H,99,117)(H,100,116)(H,101,121)(H,102,123)(H,103,120)(H,104,119)/t45-,46-,47-,48+,59-,60-,61-,62+,63+,64+,65-,66+,67-,71+,72-/m0/s1. The lowest BCUT2D eigenvalue weighted by Gasteiger charge is -2.29. The fourth-order valence-corrected chi connectivity index (χ4v) is 14.5. The maximum atomic E-state index is 15.3. The Morgan fingerprint density at radius 3 is 1.28 bits per heavy atom. The first-order valence-corrected chi connectivity index (χ1v) is 41.2. The van der Waals surface area contributed by atoms with Crippen LogP contribution in [0.15, 0.2) is 104 Å². The lowest BCUT2D eigenvalue weighted by atomic mass is 9.98. The van der Waals surface area contributed by atoms with E-state index in [4.69, 9.17) is 11.5 Å². The molecule has 666 valence electrons. The van der Waals surface area contributed by atoms with Gasteiger partial charge in [-0.3, -0.25) is 71.9 Å². The number of fused-ring (bicyclic) bond motifs is 3. The second-order valence-electron chi connectivity index (χ2n) is 32.5. The maximum absolute atomic E-state index is 15.3. The van der Waals surface area contributed by atoms with Crippen LogP contribution in [0, 0.1) is 17.8 Å². The van der Waals surface area contributed by atoms with Crippen molar-refractivity contribution in [3.05, 3.63) is 126 Å². The number of para-hydroxylation sites is 3. The molecule has 7 aromatic rings. The van der Waals surface area contributed by atoms with E-state index in [-0.39, 0.29) is 82.3 Å². The number of nitrogens with zero attached hydrogens (tertiary/aromatic N) is 2. The molecule has 24 N–H and O–H groups in total. The van der Waals surface area contributed by atoms with Gasteiger partial charge in [-0.15, -0.1) is 0 Å². The molecule has 39 heteroatoms. The zero-order valence-corrected chi connectivity index (χ0v) is 70.6. The van der Waals surface area contributed by atoms with E-state index in [0.29, 0.717) is 50.6 Å². The Morgan fingerprint density at radius 2 is 0.846 bits per heavy atom. The molecule has 4 aromatic heterocycles. The van der Waals surface area contributed by atoms with Crippen molar-refractivity contribution in [3.8, 4) is 0 Å². The van der Waals surface area contributed by atoms with Crippen LogP contribution in [0.1, 0.15) is 130 Å². The average Bonchev–Trinajstić information content (AvgIpc) is 1.73. The molecule has 0 aliphatic carbocycles. The van der Waals surface area contributed by atoms with Crippen molar-refractivity contribution < 1.29 is 87.2 Å². The molecule has 0 unspecified atom stereocenters. The summed E-state index contributed by atoms with van der Waals surface area (Å²) < 4.78 is 0. The number of rotatable bonds is 46. The molecule has 5 heterocycles. The predicted octanol–water partition coefficient (Wildman–Crippen LogP) is -2.18. The van der Waals surface area contributed by atoms with Crippen LogP contribution in [0.2, 0.25) is 0 Å². The molecular weight excluding hydrogens is 1590 g/mol. The van der Waals surface area contributed by atoms with E-state index in [1.807, 2.05) is 13.8 Å². The van der Waals surface area contributed by atoms with E-state index < -0.39 is 199 Å². The number of aliphatic hydroxyl groups excluding tert-OH is 3. The molecule has 0 bridgehead atoms. The third-order valence-corrected chi connectivity index (χ3v) is 20.9. The van der Waals surface area contributed by atoms with Gasteiger partial charge in [0.2, 0.25) is 88.6 Å². The van der Waals surface area contributed by atoms with Crippen molar-refractivity contribution in [1.82, 2.24) is 98.9 Å². The quantitative estimate of drug-likeness (QED) is 0.0193. The molecule has 15 atom stereocenters. The SMILES string of the molecule is CC(C)C[C@H](NC(=O)[C@H](CC(C)C)NC(=O)[C@@H](Cc1c[nH]c2ccccc12)NC(=O)[C@@H](Cc1c[nH]c2ccccc12)NC(=O)[C@H](C)NC(=O)[C@H](NC(=O)[C@@H](CC(N)=O)NC(=O)[C@H](CC(C)C)NC(=O)[C@@H](NC(=O)[C@@H](Cc1c[nH]c2ccccc12)NC(=O)CN)[C@@H](C)O)[C@H](C)O)C(=O)NCC(=O)N1CCC[C@H]1C(=O)N[C@@H](Cc1c[nH]cn1)C(=O)N[C@@H](C)CO. The Balaban J connectivity index is 0.961. The number of nitrogens with one attached hydrogen (secondary N) is 17. The number of aliphatic hydroxyl groups is 3. The van der Waals surface area contributed by atoms with Gasteiger partial charge in [0.1, 0.15) is 72.5 Å². The molecule has 0 radical (unpaired) electrons. The van der Waals surface area contributed by atoms with Crippen LogP contribution in [0.5, 0.6) is 0 Å². The molecule has 8 rings (SSSR count). The summed E-state index contributed by atoms with van der Waals surface area (Å²) in [5.74, 6) is -14.4. The van der Waals surface area contributed by atoms with Gasteiger partial charge in [-0.05, 0) is 112 Å². The van der Waals surface area contributed by atoms with Gasteiger partial charge >= 0.3 is 0 Å². The lowest BCUT2D eigenvalue weighted by molar-refractivity contribution is -0.140. The Morgan fingerprint density at radius 1 is 0.455 bits per heavy atom. The highest BCUT2D eigenvalue weighted by molar-refractivity contribution is 6.02. The molecule has 3 aromatic carbocycles. The molecular formula is C84H117N21O18. The Kier molecular flexibility index (Phi) is 35.3. The minimum atomic E-state index is -1.94. The summed E-state index contributed by atoms with van der Waals surface area (Å²) in [6.07, 6.45) is 3.67. The number of amides is 15. The van der Waals surface area contributed by atoms with Crippen LogP contribution in [-0.2, 0) is 97.6 Å². The highest BCUT2D eigenvalue weighted by Gasteiger charge is 2.41. The third-order valence-electron chi connectivity index (χ3n) is 20.9. The number of carbonyl (C=O) groups excluding carboxylic acids is 15. The van der Waals surface area contributed by atoms with Crippen LogP contribution in [0.4, 0.5) is 0 Å². The minimum absolute atomic E-state index is 0.00476. The van der Waals surface area contributed by atoms with Crippen LogP contribution in [-0.4, -0.2) is 251 Å². The fraction of sp³-hybridized carbons (Fsp3) is 0.500. The van der Waals surface area contributed by atoms with Gasteiger partial charge in [0, 0.05) is 95.8 Å². The molecule has 15 amide bonds. The number of primary amides is 1. The largest absolute Gasteiger partial charge is 0.394 e. The zero-order chi connectivity index (χ0) is 90.1. The van der Waals surface area contributed by atoms with Gasteiger partial charge in [-0.2, -0.15) is 0 Å². The lowest BCUT2D eigenvalue weighted by Crippen LogP contribution is -2.63. The molecule has 39 nitrogen and oxygen atoms in total. The summed E-state index contributed by atoms with van der Waals surface area (Å²) in [5.41, 5.74) is 15.4. The van der Waals surface area contributed by atoms with E-state index in [9.17, 15) is 77.6 Å². The first-order chi connectivity index (χ1) is 58.4. The Hall–Kier alpha value is -12.6. The van der Waals surface area contributed by atoms with Crippen molar-refractivity contribution in [1.29, 1.82) is 0 Å². The van der Waals surface area contributed by atoms with E-state index in [0.717, 1.165) is 17.8 Å². The number of H-pyrrole nitrogens is 4. The van der Waals surface area contributed by atoms with Gasteiger partial charge in [0.05, 0.1) is 50.3 Å². The van der Waals surface area contributed by atoms with E-state index in [1.54, 1.807) is 132 Å². The third kappa shape index (κ3) is 27.7. The maximum Gasteiger partial charge on any atom is 0.245 e. The second-order valence-corrected chi connectivity index (χ2v) is 32.5. The van der Waals surface area contributed by atoms with E-state index in [1.165, 1.54) is 25.1 Å².